The van der Waals surface area contributed by atoms with E-state index >= 15 is 0 Å². The molecule has 0 rings (SSSR count). The van der Waals surface area contributed by atoms with Crippen LogP contribution in [0.4, 0.5) is 0 Å². The summed E-state index contributed by atoms with van der Waals surface area (Å²) in [6.45, 7) is 9.74. The highest BCUT2D eigenvalue weighted by Gasteiger charge is 2.08. The van der Waals surface area contributed by atoms with Gasteiger partial charge < -0.3 is 5.32 Å². The zero-order valence-electron chi connectivity index (χ0n) is 11.4. The second kappa shape index (κ2) is 10.3. The first-order valence-electron chi connectivity index (χ1n) is 6.72. The Balaban J connectivity index is 3.59. The van der Waals surface area contributed by atoms with Gasteiger partial charge in [0.15, 0.2) is 0 Å². The maximum Gasteiger partial charge on any atom is 0.0260 e. The van der Waals surface area contributed by atoms with E-state index in [2.05, 4.69) is 33.0 Å². The fraction of sp³-hybridized carbons (Fsp3) is 1.00. The van der Waals surface area contributed by atoms with Crippen LogP contribution in [0.25, 0.3) is 0 Å². The molecule has 0 aromatic heterocycles. The van der Waals surface area contributed by atoms with Gasteiger partial charge in [-0.05, 0) is 31.7 Å². The summed E-state index contributed by atoms with van der Waals surface area (Å²) in [7, 11) is -0.600. The Labute approximate surface area is 104 Å². The zero-order chi connectivity index (χ0) is 12.4. The predicted molar refractivity (Wildman–Crippen MR) is 74.3 cm³/mol. The Morgan fingerprint density at radius 2 is 1.88 bits per heavy atom. The Morgan fingerprint density at radius 1 is 1.19 bits per heavy atom. The first-order chi connectivity index (χ1) is 7.63. The van der Waals surface area contributed by atoms with Gasteiger partial charge in [-0.3, -0.25) is 4.21 Å². The van der Waals surface area contributed by atoms with Gasteiger partial charge in [0, 0.05) is 28.3 Å². The van der Waals surface area contributed by atoms with Crippen molar-refractivity contribution in [3.63, 3.8) is 0 Å². The van der Waals surface area contributed by atoms with E-state index in [1.807, 2.05) is 0 Å². The van der Waals surface area contributed by atoms with Gasteiger partial charge >= 0.3 is 0 Å². The first-order valence-corrected chi connectivity index (χ1v) is 8.21. The number of nitrogens with one attached hydrogen (secondary N) is 1. The Bertz CT molecular complexity index is 185. The molecule has 0 aromatic carbocycles. The fourth-order valence-corrected chi connectivity index (χ4v) is 3.27. The molecule has 0 radical (unpaired) electrons. The molecule has 0 saturated heterocycles. The van der Waals surface area contributed by atoms with Crippen LogP contribution in [0.3, 0.4) is 0 Å². The van der Waals surface area contributed by atoms with Gasteiger partial charge in [0.1, 0.15) is 0 Å². The standard InChI is InChI=1S/C13H29NOS/c1-5-12(4)11-16(15)10-8-9-13(6-2)14-7-3/h12-14H,5-11H2,1-4H3. The third-order valence-electron chi connectivity index (χ3n) is 3.08. The maximum atomic E-state index is 11.7. The summed E-state index contributed by atoms with van der Waals surface area (Å²) in [6.07, 6.45) is 4.57. The molecule has 3 atom stereocenters. The molecule has 3 heteroatoms. The van der Waals surface area contributed by atoms with Gasteiger partial charge in [-0.1, -0.05) is 34.1 Å². The monoisotopic (exact) mass is 247 g/mol. The van der Waals surface area contributed by atoms with Crippen LogP contribution in [0.2, 0.25) is 0 Å². The lowest BCUT2D eigenvalue weighted by Gasteiger charge is -2.15. The van der Waals surface area contributed by atoms with Crippen molar-refractivity contribution in [3.05, 3.63) is 0 Å². The lowest BCUT2D eigenvalue weighted by atomic mass is 10.1. The van der Waals surface area contributed by atoms with Crippen LogP contribution in [0.15, 0.2) is 0 Å². The molecule has 1 N–H and O–H groups in total. The number of rotatable bonds is 10. The highest BCUT2D eigenvalue weighted by molar-refractivity contribution is 7.84. The van der Waals surface area contributed by atoms with Gasteiger partial charge in [0.05, 0.1) is 0 Å². The van der Waals surface area contributed by atoms with Crippen molar-refractivity contribution < 1.29 is 4.21 Å². The van der Waals surface area contributed by atoms with Crippen LogP contribution >= 0.6 is 0 Å². The Hall–Kier alpha value is 0.110. The molecule has 0 aromatic rings. The van der Waals surface area contributed by atoms with E-state index in [1.54, 1.807) is 0 Å². The van der Waals surface area contributed by atoms with Crippen LogP contribution in [-0.4, -0.2) is 28.3 Å². The van der Waals surface area contributed by atoms with E-state index in [0.29, 0.717) is 12.0 Å². The molecule has 98 valence electrons. The smallest absolute Gasteiger partial charge is 0.0260 e. The van der Waals surface area contributed by atoms with Crippen LogP contribution in [0.1, 0.15) is 53.4 Å². The SMILES string of the molecule is CCNC(CC)CCCS(=O)CC(C)CC. The molecule has 0 saturated carbocycles. The molecule has 0 aliphatic heterocycles. The van der Waals surface area contributed by atoms with Gasteiger partial charge in [-0.25, -0.2) is 0 Å². The second-order valence-electron chi connectivity index (χ2n) is 4.63. The summed E-state index contributed by atoms with van der Waals surface area (Å²) in [5.41, 5.74) is 0. The molecule has 0 bridgehead atoms. The molecular formula is C13H29NOS. The summed E-state index contributed by atoms with van der Waals surface area (Å²) in [5.74, 6) is 2.37. The van der Waals surface area contributed by atoms with Crippen molar-refractivity contribution in [2.75, 3.05) is 18.1 Å². The summed E-state index contributed by atoms with van der Waals surface area (Å²) >= 11 is 0. The van der Waals surface area contributed by atoms with Crippen LogP contribution in [0, 0.1) is 5.92 Å². The van der Waals surface area contributed by atoms with Crippen molar-refractivity contribution in [3.8, 4) is 0 Å². The van der Waals surface area contributed by atoms with Gasteiger partial charge in [0.2, 0.25) is 0 Å². The summed E-state index contributed by atoms with van der Waals surface area (Å²) in [4.78, 5) is 0. The topological polar surface area (TPSA) is 29.1 Å². The van der Waals surface area contributed by atoms with Crippen molar-refractivity contribution in [1.82, 2.24) is 5.32 Å². The average molecular weight is 247 g/mol. The molecule has 3 unspecified atom stereocenters. The largest absolute Gasteiger partial charge is 0.314 e. The molecule has 0 amide bonds. The van der Waals surface area contributed by atoms with Crippen molar-refractivity contribution in [2.45, 2.75) is 59.4 Å². The van der Waals surface area contributed by atoms with E-state index < -0.39 is 10.8 Å². The van der Waals surface area contributed by atoms with Crippen molar-refractivity contribution in [1.29, 1.82) is 0 Å². The fourth-order valence-electron chi connectivity index (χ4n) is 1.75. The van der Waals surface area contributed by atoms with Crippen molar-refractivity contribution >= 4 is 10.8 Å². The van der Waals surface area contributed by atoms with Gasteiger partial charge in [-0.2, -0.15) is 0 Å². The quantitative estimate of drug-likeness (QED) is 0.643. The predicted octanol–water partition coefficient (Wildman–Crippen LogP) is 2.95. The highest BCUT2D eigenvalue weighted by atomic mass is 32.2. The van der Waals surface area contributed by atoms with E-state index in [1.165, 1.54) is 6.42 Å². The molecular weight excluding hydrogens is 218 g/mol. The minimum Gasteiger partial charge on any atom is -0.314 e. The van der Waals surface area contributed by atoms with E-state index in [-0.39, 0.29) is 0 Å². The normalized spacial score (nSPS) is 17.0. The Morgan fingerprint density at radius 3 is 2.38 bits per heavy atom. The van der Waals surface area contributed by atoms with Crippen LogP contribution < -0.4 is 5.32 Å². The zero-order valence-corrected chi connectivity index (χ0v) is 12.2. The van der Waals surface area contributed by atoms with Crippen LogP contribution in [-0.2, 0) is 10.8 Å². The third kappa shape index (κ3) is 8.28. The number of hydrogen-bond acceptors (Lipinski definition) is 2. The first kappa shape index (κ1) is 16.1. The van der Waals surface area contributed by atoms with E-state index in [4.69, 9.17) is 0 Å². The Kier molecular flexibility index (Phi) is 10.3. The van der Waals surface area contributed by atoms with Crippen molar-refractivity contribution in [2.24, 2.45) is 5.92 Å². The second-order valence-corrected chi connectivity index (χ2v) is 6.25. The molecule has 0 heterocycles. The lowest BCUT2D eigenvalue weighted by molar-refractivity contribution is 0.476. The number of hydrogen-bond donors (Lipinski definition) is 1. The summed E-state index contributed by atoms with van der Waals surface area (Å²) in [6, 6.07) is 0.616. The minimum atomic E-state index is -0.600. The highest BCUT2D eigenvalue weighted by Crippen LogP contribution is 2.07. The van der Waals surface area contributed by atoms with Crippen LogP contribution in [0.5, 0.6) is 0 Å². The minimum absolute atomic E-state index is 0.600. The molecule has 0 aliphatic carbocycles. The third-order valence-corrected chi connectivity index (χ3v) is 4.76. The van der Waals surface area contributed by atoms with E-state index in [0.717, 1.165) is 37.3 Å². The van der Waals surface area contributed by atoms with E-state index in [9.17, 15) is 4.21 Å². The maximum absolute atomic E-state index is 11.7. The summed E-state index contributed by atoms with van der Waals surface area (Å²) < 4.78 is 11.7. The molecule has 0 aliphatic rings. The molecule has 0 spiro atoms. The van der Waals surface area contributed by atoms with Gasteiger partial charge in [0.25, 0.3) is 0 Å². The molecule has 0 fully saturated rings. The molecule has 2 nitrogen and oxygen atoms in total. The summed E-state index contributed by atoms with van der Waals surface area (Å²) in [5, 5.41) is 3.46. The molecule has 16 heavy (non-hydrogen) atoms. The lowest BCUT2D eigenvalue weighted by Crippen LogP contribution is -2.28. The van der Waals surface area contributed by atoms with Gasteiger partial charge in [-0.15, -0.1) is 0 Å². The average Bonchev–Trinajstić information content (AvgIpc) is 2.27.